The van der Waals surface area contributed by atoms with Gasteiger partial charge in [-0.3, -0.25) is 4.79 Å². The van der Waals surface area contributed by atoms with E-state index in [0.29, 0.717) is 19.3 Å². The molecule has 0 heterocycles. The zero-order valence-electron chi connectivity index (χ0n) is 9.32. The molecule has 0 aliphatic rings. The van der Waals surface area contributed by atoms with Crippen LogP contribution in [0.1, 0.15) is 32.6 Å². The minimum Gasteiger partial charge on any atom is -0.460 e. The minimum absolute atomic E-state index is 0.360. The van der Waals surface area contributed by atoms with Crippen LogP contribution in [-0.4, -0.2) is 23.3 Å². The predicted molar refractivity (Wildman–Crippen MR) is 60.4 cm³/mol. The van der Waals surface area contributed by atoms with Gasteiger partial charge in [0.15, 0.2) is 0 Å². The average Bonchev–Trinajstić information content (AvgIpc) is 2.20. The predicted octanol–water partition coefficient (Wildman–Crippen LogP) is 2.21. The van der Waals surface area contributed by atoms with Crippen molar-refractivity contribution in [2.24, 2.45) is 0 Å². The van der Waals surface area contributed by atoms with E-state index >= 15 is 0 Å². The fourth-order valence-electron chi connectivity index (χ4n) is 1.30. The number of aliphatic hydroxyl groups is 1. The van der Waals surface area contributed by atoms with Gasteiger partial charge in [0.2, 0.25) is 0 Å². The second-order valence-corrected chi connectivity index (χ2v) is 3.45. The third-order valence-corrected chi connectivity index (χ3v) is 2.07. The molecular formula is C12H20O3. The van der Waals surface area contributed by atoms with Crippen LogP contribution >= 0.6 is 0 Å². The second kappa shape index (κ2) is 8.24. The lowest BCUT2D eigenvalue weighted by molar-refractivity contribution is -0.152. The maximum atomic E-state index is 10.8. The maximum Gasteiger partial charge on any atom is 0.302 e. The molecule has 1 N–H and O–H groups in total. The zero-order chi connectivity index (χ0) is 11.7. The number of hydrogen-bond donors (Lipinski definition) is 1. The van der Waals surface area contributed by atoms with Gasteiger partial charge in [-0.2, -0.15) is 0 Å². The van der Waals surface area contributed by atoms with Crippen molar-refractivity contribution in [2.45, 2.75) is 44.8 Å². The van der Waals surface area contributed by atoms with E-state index in [0.717, 1.165) is 6.42 Å². The van der Waals surface area contributed by atoms with Crippen LogP contribution in [0.4, 0.5) is 0 Å². The van der Waals surface area contributed by atoms with Crippen molar-refractivity contribution in [1.29, 1.82) is 0 Å². The second-order valence-electron chi connectivity index (χ2n) is 3.45. The first-order valence-corrected chi connectivity index (χ1v) is 5.18. The molecule has 2 unspecified atom stereocenters. The summed E-state index contributed by atoms with van der Waals surface area (Å²) in [6.07, 6.45) is 5.06. The number of carbonyl (C=O) groups excluding carboxylic acids is 1. The van der Waals surface area contributed by atoms with Crippen molar-refractivity contribution < 1.29 is 14.6 Å². The zero-order valence-corrected chi connectivity index (χ0v) is 9.32. The van der Waals surface area contributed by atoms with Crippen LogP contribution in [0.2, 0.25) is 0 Å². The summed E-state index contributed by atoms with van der Waals surface area (Å²) in [6, 6.07) is 0. The van der Waals surface area contributed by atoms with Crippen molar-refractivity contribution in [1.82, 2.24) is 0 Å². The van der Waals surface area contributed by atoms with Crippen LogP contribution in [0.3, 0.4) is 0 Å². The molecule has 0 amide bonds. The van der Waals surface area contributed by atoms with E-state index in [9.17, 15) is 9.90 Å². The van der Waals surface area contributed by atoms with Gasteiger partial charge in [0.05, 0.1) is 6.10 Å². The fraction of sp³-hybridized carbons (Fsp3) is 0.583. The SMILES string of the molecule is C=CCCC(O)C(CCC=C)OC(C)=O. The summed E-state index contributed by atoms with van der Waals surface area (Å²) in [6.45, 7) is 8.52. The number of allylic oxidation sites excluding steroid dienone is 2. The van der Waals surface area contributed by atoms with Gasteiger partial charge in [0.1, 0.15) is 6.10 Å². The van der Waals surface area contributed by atoms with Crippen LogP contribution in [0.5, 0.6) is 0 Å². The molecular weight excluding hydrogens is 192 g/mol. The highest BCUT2D eigenvalue weighted by molar-refractivity contribution is 5.66. The van der Waals surface area contributed by atoms with Crippen molar-refractivity contribution in [3.8, 4) is 0 Å². The van der Waals surface area contributed by atoms with Crippen LogP contribution in [-0.2, 0) is 9.53 Å². The normalized spacial score (nSPS) is 14.0. The van der Waals surface area contributed by atoms with Gasteiger partial charge in [-0.05, 0) is 25.7 Å². The number of esters is 1. The Balaban J connectivity index is 4.11. The Labute approximate surface area is 91.4 Å². The van der Waals surface area contributed by atoms with Crippen molar-refractivity contribution in [2.75, 3.05) is 0 Å². The first-order valence-electron chi connectivity index (χ1n) is 5.18. The van der Waals surface area contributed by atoms with Gasteiger partial charge in [0.25, 0.3) is 0 Å². The third-order valence-electron chi connectivity index (χ3n) is 2.07. The molecule has 0 bridgehead atoms. The van der Waals surface area contributed by atoms with Crippen molar-refractivity contribution in [3.63, 3.8) is 0 Å². The number of rotatable bonds is 8. The summed E-state index contributed by atoms with van der Waals surface area (Å²) in [7, 11) is 0. The molecule has 0 radical (unpaired) electrons. The first kappa shape index (κ1) is 13.9. The first-order chi connectivity index (χ1) is 7.11. The number of aliphatic hydroxyl groups excluding tert-OH is 1. The van der Waals surface area contributed by atoms with Crippen LogP contribution in [0.15, 0.2) is 25.3 Å². The van der Waals surface area contributed by atoms with E-state index in [1.807, 2.05) is 0 Å². The number of ether oxygens (including phenoxy) is 1. The van der Waals surface area contributed by atoms with Crippen LogP contribution in [0.25, 0.3) is 0 Å². The highest BCUT2D eigenvalue weighted by atomic mass is 16.6. The summed E-state index contributed by atoms with van der Waals surface area (Å²) in [5, 5.41) is 9.76. The topological polar surface area (TPSA) is 46.5 Å². The van der Waals surface area contributed by atoms with Gasteiger partial charge < -0.3 is 9.84 Å². The van der Waals surface area contributed by atoms with E-state index in [1.54, 1.807) is 12.2 Å². The lowest BCUT2D eigenvalue weighted by Gasteiger charge is -2.21. The molecule has 3 heteroatoms. The third kappa shape index (κ3) is 6.91. The molecule has 0 aromatic rings. The molecule has 3 nitrogen and oxygen atoms in total. The molecule has 0 saturated heterocycles. The van der Waals surface area contributed by atoms with Crippen LogP contribution < -0.4 is 0 Å². The monoisotopic (exact) mass is 212 g/mol. The van der Waals surface area contributed by atoms with Gasteiger partial charge >= 0.3 is 5.97 Å². The lowest BCUT2D eigenvalue weighted by Crippen LogP contribution is -2.30. The summed E-state index contributed by atoms with van der Waals surface area (Å²) in [5.41, 5.74) is 0. The summed E-state index contributed by atoms with van der Waals surface area (Å²) in [4.78, 5) is 10.8. The molecule has 0 aromatic carbocycles. The highest BCUT2D eigenvalue weighted by Gasteiger charge is 2.20. The van der Waals surface area contributed by atoms with E-state index in [-0.39, 0.29) is 5.97 Å². The van der Waals surface area contributed by atoms with E-state index in [1.165, 1.54) is 6.92 Å². The van der Waals surface area contributed by atoms with Crippen molar-refractivity contribution in [3.05, 3.63) is 25.3 Å². The minimum atomic E-state index is -0.619. The Kier molecular flexibility index (Phi) is 7.64. The molecule has 15 heavy (non-hydrogen) atoms. The molecule has 0 aliphatic heterocycles. The molecule has 0 aliphatic carbocycles. The summed E-state index contributed by atoms with van der Waals surface area (Å²) >= 11 is 0. The number of carbonyl (C=O) groups is 1. The lowest BCUT2D eigenvalue weighted by atomic mass is 10.0. The Hall–Kier alpha value is -1.09. The summed E-state index contributed by atoms with van der Waals surface area (Å²) < 4.78 is 5.04. The quantitative estimate of drug-likeness (QED) is 0.495. The molecule has 2 atom stereocenters. The van der Waals surface area contributed by atoms with E-state index in [2.05, 4.69) is 13.2 Å². The molecule has 86 valence electrons. The van der Waals surface area contributed by atoms with Gasteiger partial charge in [0, 0.05) is 6.92 Å². The van der Waals surface area contributed by atoms with Gasteiger partial charge in [-0.25, -0.2) is 0 Å². The van der Waals surface area contributed by atoms with Crippen molar-refractivity contribution >= 4 is 5.97 Å². The van der Waals surface area contributed by atoms with E-state index in [4.69, 9.17) is 4.74 Å². The molecule has 0 spiro atoms. The Morgan fingerprint density at radius 2 is 1.87 bits per heavy atom. The molecule has 0 rings (SSSR count). The van der Waals surface area contributed by atoms with Crippen LogP contribution in [0, 0.1) is 0 Å². The largest absolute Gasteiger partial charge is 0.460 e. The maximum absolute atomic E-state index is 10.8. The smallest absolute Gasteiger partial charge is 0.302 e. The Morgan fingerprint density at radius 3 is 2.33 bits per heavy atom. The number of hydrogen-bond acceptors (Lipinski definition) is 3. The fourth-order valence-corrected chi connectivity index (χ4v) is 1.30. The van der Waals surface area contributed by atoms with Gasteiger partial charge in [-0.1, -0.05) is 12.2 Å². The Bertz CT molecular complexity index is 211. The molecule has 0 aromatic heterocycles. The average molecular weight is 212 g/mol. The molecule has 0 saturated carbocycles. The summed E-state index contributed by atoms with van der Waals surface area (Å²) in [5.74, 6) is -0.360. The standard InChI is InChI=1S/C12H20O3/c1-4-6-8-11(14)12(9-7-5-2)15-10(3)13/h4-5,11-12,14H,1-2,6-9H2,3H3. The van der Waals surface area contributed by atoms with Gasteiger partial charge in [-0.15, -0.1) is 13.2 Å². The molecule has 0 fully saturated rings. The highest BCUT2D eigenvalue weighted by Crippen LogP contribution is 2.13. The van der Waals surface area contributed by atoms with E-state index < -0.39 is 12.2 Å². The Morgan fingerprint density at radius 1 is 1.33 bits per heavy atom.